The number of para-hydroxylation sites is 2. The summed E-state index contributed by atoms with van der Waals surface area (Å²) in [5.74, 6) is 0.811. The van der Waals surface area contributed by atoms with Crippen LogP contribution in [0, 0.1) is 0 Å². The smallest absolute Gasteiger partial charge is 0.137 e. The van der Waals surface area contributed by atoms with Crippen molar-refractivity contribution in [3.8, 4) is 22.5 Å². The Balaban J connectivity index is 1.55. The van der Waals surface area contributed by atoms with E-state index in [-0.39, 0.29) is 0 Å². The number of fused-ring (bicyclic) bond motifs is 2. The van der Waals surface area contributed by atoms with E-state index in [0.29, 0.717) is 0 Å². The van der Waals surface area contributed by atoms with E-state index in [4.69, 9.17) is 9.41 Å². The maximum absolute atomic E-state index is 6.51. The van der Waals surface area contributed by atoms with Crippen molar-refractivity contribution in [1.82, 2.24) is 0 Å². The molecular formula is C33H26N2O. The molecule has 4 aromatic carbocycles. The van der Waals surface area contributed by atoms with Gasteiger partial charge in [-0.3, -0.25) is 0 Å². The molecular weight excluding hydrogens is 440 g/mol. The Morgan fingerprint density at radius 2 is 1.44 bits per heavy atom. The van der Waals surface area contributed by atoms with Gasteiger partial charge < -0.3 is 9.73 Å². The molecule has 0 amide bonds. The summed E-state index contributed by atoms with van der Waals surface area (Å²) in [6.45, 7) is 2.18. The molecule has 4 aromatic rings. The molecule has 1 aliphatic carbocycles. The molecule has 0 fully saturated rings. The zero-order valence-corrected chi connectivity index (χ0v) is 20.1. The summed E-state index contributed by atoms with van der Waals surface area (Å²) in [7, 11) is 0. The van der Waals surface area contributed by atoms with Gasteiger partial charge >= 0.3 is 0 Å². The molecule has 3 heteroatoms. The summed E-state index contributed by atoms with van der Waals surface area (Å²) in [6, 6.07) is 41.6. The van der Waals surface area contributed by atoms with Crippen LogP contribution in [-0.4, -0.2) is 0 Å². The van der Waals surface area contributed by atoms with E-state index in [1.54, 1.807) is 0 Å². The maximum Gasteiger partial charge on any atom is 0.137 e. The molecule has 2 aliphatic rings. The van der Waals surface area contributed by atoms with Gasteiger partial charge in [-0.1, -0.05) is 67.6 Å². The van der Waals surface area contributed by atoms with Crippen LogP contribution in [0.4, 0.5) is 17.1 Å². The molecule has 1 N–H and O–H groups in total. The number of anilines is 2. The molecule has 1 aliphatic heterocycles. The van der Waals surface area contributed by atoms with E-state index in [1.807, 2.05) is 54.6 Å². The molecule has 3 nitrogen and oxygen atoms in total. The quantitative estimate of drug-likeness (QED) is 0.258. The third-order valence-electron chi connectivity index (χ3n) is 6.43. The van der Waals surface area contributed by atoms with Crippen molar-refractivity contribution in [2.24, 2.45) is 4.99 Å². The molecule has 0 unspecified atom stereocenters. The second kappa shape index (κ2) is 9.55. The van der Waals surface area contributed by atoms with E-state index in [2.05, 4.69) is 79.0 Å². The topological polar surface area (TPSA) is 37.5 Å². The Morgan fingerprint density at radius 1 is 0.694 bits per heavy atom. The van der Waals surface area contributed by atoms with Crippen LogP contribution in [0.15, 0.2) is 131 Å². The van der Waals surface area contributed by atoms with Gasteiger partial charge in [0.2, 0.25) is 0 Å². The number of nitrogens with zero attached hydrogens (tertiary/aromatic N) is 1. The van der Waals surface area contributed by atoms with Gasteiger partial charge in [-0.05, 0) is 66.1 Å². The highest BCUT2D eigenvalue weighted by molar-refractivity contribution is 6.02. The van der Waals surface area contributed by atoms with Gasteiger partial charge in [0, 0.05) is 40.0 Å². The molecule has 6 rings (SSSR count). The van der Waals surface area contributed by atoms with Crippen LogP contribution in [0.2, 0.25) is 0 Å². The van der Waals surface area contributed by atoms with Gasteiger partial charge in [0.05, 0.1) is 11.0 Å². The molecule has 0 saturated heterocycles. The largest absolute Gasteiger partial charge is 0.456 e. The van der Waals surface area contributed by atoms with Crippen LogP contribution < -0.4 is 10.7 Å². The highest BCUT2D eigenvalue weighted by Gasteiger charge is 2.17. The van der Waals surface area contributed by atoms with Crippen molar-refractivity contribution in [3.05, 3.63) is 132 Å². The number of nitrogens with one attached hydrogen (secondary N) is 1. The molecule has 0 aromatic heterocycles. The van der Waals surface area contributed by atoms with Crippen LogP contribution in [-0.2, 0) is 6.42 Å². The van der Waals surface area contributed by atoms with Crippen LogP contribution in [0.3, 0.4) is 0 Å². The number of hydrogen-bond acceptors (Lipinski definition) is 3. The highest BCUT2D eigenvalue weighted by atomic mass is 16.3. The minimum atomic E-state index is 0.811. The average molecular weight is 467 g/mol. The lowest BCUT2D eigenvalue weighted by atomic mass is 9.93. The van der Waals surface area contributed by atoms with Crippen molar-refractivity contribution >= 4 is 28.0 Å². The molecule has 36 heavy (non-hydrogen) atoms. The Bertz CT molecular complexity index is 1670. The van der Waals surface area contributed by atoms with Crippen molar-refractivity contribution in [2.75, 3.05) is 5.32 Å². The SMILES string of the molecule is CCc1ccc(-c2c3ccc(=Nc4ccccc4)cc-3oc3cc(Nc4ccccc4)ccc23)cc1. The number of benzene rings is 5. The Hall–Kier alpha value is -4.63. The van der Waals surface area contributed by atoms with Crippen molar-refractivity contribution in [3.63, 3.8) is 0 Å². The standard InChI is InChI=1S/C33H26N2O/c1-2-23-13-15-24(16-14-23)33-29-19-17-27(34-25-9-5-3-6-10-25)21-31(29)36-32-22-28(18-20-30(32)33)35-26-11-7-4-8-12-26/h3-22,34H,2H2,1H3. The van der Waals surface area contributed by atoms with Crippen molar-refractivity contribution in [1.29, 1.82) is 0 Å². The maximum atomic E-state index is 6.51. The highest BCUT2D eigenvalue weighted by Crippen LogP contribution is 2.40. The Kier molecular flexibility index (Phi) is 5.80. The number of hydrogen-bond donors (Lipinski definition) is 1. The summed E-state index contributed by atoms with van der Waals surface area (Å²) in [5.41, 5.74) is 8.51. The monoisotopic (exact) mass is 466 g/mol. The molecule has 0 radical (unpaired) electrons. The fraction of sp³-hybridized carbons (Fsp3) is 0.0606. The third kappa shape index (κ3) is 4.39. The molecule has 0 bridgehead atoms. The lowest BCUT2D eigenvalue weighted by Crippen LogP contribution is -2.02. The summed E-state index contributed by atoms with van der Waals surface area (Å²) < 4.78 is 6.51. The van der Waals surface area contributed by atoms with Gasteiger partial charge in [-0.25, -0.2) is 4.99 Å². The first-order valence-electron chi connectivity index (χ1n) is 12.3. The lowest BCUT2D eigenvalue weighted by molar-refractivity contribution is 0.619. The zero-order valence-electron chi connectivity index (χ0n) is 20.1. The molecule has 0 spiro atoms. The van der Waals surface area contributed by atoms with E-state index < -0.39 is 0 Å². The first-order valence-corrected chi connectivity index (χ1v) is 12.3. The first-order chi connectivity index (χ1) is 17.8. The van der Waals surface area contributed by atoms with Crippen molar-refractivity contribution < 1.29 is 4.42 Å². The van der Waals surface area contributed by atoms with Gasteiger partial charge in [0.25, 0.3) is 0 Å². The predicted molar refractivity (Wildman–Crippen MR) is 149 cm³/mol. The zero-order chi connectivity index (χ0) is 24.3. The second-order valence-electron chi connectivity index (χ2n) is 8.86. The lowest BCUT2D eigenvalue weighted by Gasteiger charge is -2.16. The van der Waals surface area contributed by atoms with E-state index in [9.17, 15) is 0 Å². The molecule has 174 valence electrons. The Morgan fingerprint density at radius 3 is 2.19 bits per heavy atom. The van der Waals surface area contributed by atoms with Gasteiger partial charge in [-0.2, -0.15) is 0 Å². The van der Waals surface area contributed by atoms with Crippen LogP contribution in [0.25, 0.3) is 33.4 Å². The van der Waals surface area contributed by atoms with Gasteiger partial charge in [0.15, 0.2) is 0 Å². The Labute approximate surface area is 210 Å². The molecule has 1 heterocycles. The van der Waals surface area contributed by atoms with Gasteiger partial charge in [0.1, 0.15) is 11.3 Å². The molecule has 0 atom stereocenters. The predicted octanol–water partition coefficient (Wildman–Crippen LogP) is 8.74. The van der Waals surface area contributed by atoms with Gasteiger partial charge in [-0.15, -0.1) is 0 Å². The average Bonchev–Trinajstić information content (AvgIpc) is 2.93. The summed E-state index contributed by atoms with van der Waals surface area (Å²) in [4.78, 5) is 4.80. The summed E-state index contributed by atoms with van der Waals surface area (Å²) >= 11 is 0. The van der Waals surface area contributed by atoms with Crippen LogP contribution in [0.1, 0.15) is 12.5 Å². The fourth-order valence-corrected chi connectivity index (χ4v) is 4.58. The van der Waals surface area contributed by atoms with E-state index in [1.165, 1.54) is 16.7 Å². The van der Waals surface area contributed by atoms with Crippen molar-refractivity contribution in [2.45, 2.75) is 13.3 Å². The molecule has 0 saturated carbocycles. The van der Waals surface area contributed by atoms with Crippen LogP contribution in [0.5, 0.6) is 0 Å². The van der Waals surface area contributed by atoms with E-state index >= 15 is 0 Å². The summed E-state index contributed by atoms with van der Waals surface area (Å²) in [5, 5.41) is 5.43. The fourth-order valence-electron chi connectivity index (χ4n) is 4.58. The third-order valence-corrected chi connectivity index (χ3v) is 6.43. The minimum Gasteiger partial charge on any atom is -0.456 e. The number of aryl methyl sites for hydroxylation is 1. The minimum absolute atomic E-state index is 0.811. The number of rotatable bonds is 5. The summed E-state index contributed by atoms with van der Waals surface area (Å²) in [6.07, 6.45) is 1.02. The second-order valence-corrected chi connectivity index (χ2v) is 8.86. The first kappa shape index (κ1) is 21.9. The normalized spacial score (nSPS) is 11.8. The van der Waals surface area contributed by atoms with E-state index in [0.717, 1.165) is 51.1 Å². The van der Waals surface area contributed by atoms with Crippen LogP contribution >= 0.6 is 0 Å².